The van der Waals surface area contributed by atoms with Gasteiger partial charge in [0.15, 0.2) is 0 Å². The lowest BCUT2D eigenvalue weighted by atomic mass is 9.59. The fourth-order valence-corrected chi connectivity index (χ4v) is 5.44. The van der Waals surface area contributed by atoms with Crippen molar-refractivity contribution in [3.8, 4) is 0 Å². The second-order valence-electron chi connectivity index (χ2n) is 8.63. The molecular weight excluding hydrogens is 332 g/mol. The molecule has 0 saturated heterocycles. The van der Waals surface area contributed by atoms with Crippen LogP contribution in [0.2, 0.25) is 0 Å². The molecule has 3 saturated carbocycles. The molecule has 0 heterocycles. The zero-order valence-electron chi connectivity index (χ0n) is 15.6. The SMILES string of the molecule is C=C1CC[C@H](O)C/C1=C/C=C1\C[C@@H](O)C[C@@]2(C)[C@H]1CC[C@]2(O)[C@@H](O)CO. The van der Waals surface area contributed by atoms with E-state index in [1.807, 2.05) is 19.1 Å². The predicted molar refractivity (Wildman–Crippen MR) is 99.3 cm³/mol. The van der Waals surface area contributed by atoms with Crippen LogP contribution < -0.4 is 0 Å². The minimum atomic E-state index is -1.40. The van der Waals surface area contributed by atoms with Crippen molar-refractivity contribution < 1.29 is 25.5 Å². The van der Waals surface area contributed by atoms with Crippen molar-refractivity contribution >= 4 is 0 Å². The van der Waals surface area contributed by atoms with E-state index in [0.717, 1.165) is 36.0 Å². The van der Waals surface area contributed by atoms with Gasteiger partial charge in [0.05, 0.1) is 24.4 Å². The Labute approximate surface area is 155 Å². The summed E-state index contributed by atoms with van der Waals surface area (Å²) < 4.78 is 0. The van der Waals surface area contributed by atoms with E-state index in [0.29, 0.717) is 25.7 Å². The molecule has 146 valence electrons. The van der Waals surface area contributed by atoms with Crippen molar-refractivity contribution in [2.24, 2.45) is 11.3 Å². The van der Waals surface area contributed by atoms with Crippen LogP contribution in [0.5, 0.6) is 0 Å². The van der Waals surface area contributed by atoms with Gasteiger partial charge in [-0.2, -0.15) is 0 Å². The van der Waals surface area contributed by atoms with Crippen LogP contribution in [0.25, 0.3) is 0 Å². The minimum absolute atomic E-state index is 0.0516. The Morgan fingerprint density at radius 2 is 1.92 bits per heavy atom. The maximum absolute atomic E-state index is 11.1. The summed E-state index contributed by atoms with van der Waals surface area (Å²) in [6.07, 6.45) is 6.10. The average molecular weight is 364 g/mol. The molecule has 0 radical (unpaired) electrons. The number of aliphatic hydroxyl groups excluding tert-OH is 4. The van der Waals surface area contributed by atoms with Gasteiger partial charge in [-0.1, -0.05) is 36.8 Å². The maximum Gasteiger partial charge on any atom is 0.106 e. The third kappa shape index (κ3) is 3.20. The topological polar surface area (TPSA) is 101 Å². The van der Waals surface area contributed by atoms with Crippen molar-refractivity contribution in [1.82, 2.24) is 0 Å². The van der Waals surface area contributed by atoms with Crippen LogP contribution >= 0.6 is 0 Å². The van der Waals surface area contributed by atoms with Gasteiger partial charge < -0.3 is 25.5 Å². The number of fused-ring (bicyclic) bond motifs is 1. The highest BCUT2D eigenvalue weighted by Gasteiger charge is 2.62. The molecule has 0 bridgehead atoms. The highest BCUT2D eigenvalue weighted by atomic mass is 16.4. The molecule has 0 aromatic heterocycles. The normalized spacial score (nSPS) is 45.2. The van der Waals surface area contributed by atoms with Crippen LogP contribution in [0.1, 0.15) is 51.9 Å². The largest absolute Gasteiger partial charge is 0.394 e. The zero-order valence-corrected chi connectivity index (χ0v) is 15.6. The Morgan fingerprint density at radius 3 is 2.62 bits per heavy atom. The van der Waals surface area contributed by atoms with Crippen LogP contribution in [0.4, 0.5) is 0 Å². The van der Waals surface area contributed by atoms with Crippen molar-refractivity contribution in [3.63, 3.8) is 0 Å². The summed E-state index contributed by atoms with van der Waals surface area (Å²) in [5, 5.41) is 51.1. The maximum atomic E-state index is 11.1. The first-order valence-electron chi connectivity index (χ1n) is 9.66. The first-order chi connectivity index (χ1) is 12.2. The highest BCUT2D eigenvalue weighted by Crippen LogP contribution is 2.60. The van der Waals surface area contributed by atoms with E-state index >= 15 is 0 Å². The van der Waals surface area contributed by atoms with Gasteiger partial charge in [0.1, 0.15) is 6.10 Å². The van der Waals surface area contributed by atoms with E-state index in [1.165, 1.54) is 0 Å². The van der Waals surface area contributed by atoms with E-state index in [2.05, 4.69) is 6.58 Å². The Bertz CT molecular complexity index is 624. The molecule has 6 atom stereocenters. The first kappa shape index (κ1) is 19.8. The number of rotatable bonds is 3. The van der Waals surface area contributed by atoms with Crippen LogP contribution in [0.3, 0.4) is 0 Å². The van der Waals surface area contributed by atoms with E-state index in [4.69, 9.17) is 0 Å². The van der Waals surface area contributed by atoms with E-state index in [-0.39, 0.29) is 12.0 Å². The second-order valence-corrected chi connectivity index (χ2v) is 8.63. The summed E-state index contributed by atoms with van der Waals surface area (Å²) in [6.45, 7) is 5.51. The summed E-state index contributed by atoms with van der Waals surface area (Å²) >= 11 is 0. The van der Waals surface area contributed by atoms with Crippen molar-refractivity contribution in [2.45, 2.75) is 75.8 Å². The summed E-state index contributed by atoms with van der Waals surface area (Å²) in [5.74, 6) is 0.0516. The molecule has 0 amide bonds. The molecule has 3 aliphatic rings. The quantitative estimate of drug-likeness (QED) is 0.524. The fraction of sp³-hybridized carbons (Fsp3) is 0.714. The Balaban J connectivity index is 1.91. The molecule has 5 nitrogen and oxygen atoms in total. The molecule has 5 heteroatoms. The molecule has 0 aromatic rings. The predicted octanol–water partition coefficient (Wildman–Crippen LogP) is 1.60. The molecule has 3 rings (SSSR count). The lowest BCUT2D eigenvalue weighted by molar-refractivity contribution is -0.170. The summed E-state index contributed by atoms with van der Waals surface area (Å²) in [6, 6.07) is 0. The van der Waals surface area contributed by atoms with Crippen LogP contribution in [-0.2, 0) is 0 Å². The van der Waals surface area contributed by atoms with Gasteiger partial charge in [-0.05, 0) is 56.4 Å². The van der Waals surface area contributed by atoms with Gasteiger partial charge in [-0.3, -0.25) is 0 Å². The molecule has 26 heavy (non-hydrogen) atoms. The van der Waals surface area contributed by atoms with E-state index < -0.39 is 29.8 Å². The Hall–Kier alpha value is -0.980. The third-order valence-corrected chi connectivity index (χ3v) is 7.06. The molecule has 3 fully saturated rings. The Morgan fingerprint density at radius 1 is 1.19 bits per heavy atom. The average Bonchev–Trinajstić information content (AvgIpc) is 2.86. The number of allylic oxidation sites excluding steroid dienone is 3. The first-order valence-corrected chi connectivity index (χ1v) is 9.66. The van der Waals surface area contributed by atoms with Crippen LogP contribution in [0, 0.1) is 11.3 Å². The number of hydrogen-bond acceptors (Lipinski definition) is 5. The lowest BCUT2D eigenvalue weighted by Crippen LogP contribution is -2.57. The number of hydrogen-bond donors (Lipinski definition) is 5. The summed E-state index contributed by atoms with van der Waals surface area (Å²) in [5.41, 5.74) is 1.07. The van der Waals surface area contributed by atoms with Gasteiger partial charge in [-0.15, -0.1) is 0 Å². The molecule has 0 spiro atoms. The third-order valence-electron chi connectivity index (χ3n) is 7.06. The highest BCUT2D eigenvalue weighted by molar-refractivity contribution is 5.37. The van der Waals surface area contributed by atoms with E-state index in [9.17, 15) is 25.5 Å². The fourth-order valence-electron chi connectivity index (χ4n) is 5.44. The van der Waals surface area contributed by atoms with E-state index in [1.54, 1.807) is 0 Å². The molecule has 0 aromatic carbocycles. The van der Waals surface area contributed by atoms with Crippen molar-refractivity contribution in [2.75, 3.05) is 6.61 Å². The molecular formula is C21H32O5. The van der Waals surface area contributed by atoms with Crippen LogP contribution in [-0.4, -0.2) is 56.1 Å². The second kappa shape index (κ2) is 7.21. The van der Waals surface area contributed by atoms with Gasteiger partial charge in [0.25, 0.3) is 0 Å². The van der Waals surface area contributed by atoms with Crippen molar-refractivity contribution in [3.05, 3.63) is 35.5 Å². The van der Waals surface area contributed by atoms with Gasteiger partial charge in [-0.25, -0.2) is 0 Å². The van der Waals surface area contributed by atoms with Gasteiger partial charge in [0, 0.05) is 5.41 Å². The lowest BCUT2D eigenvalue weighted by Gasteiger charge is -2.49. The van der Waals surface area contributed by atoms with Gasteiger partial charge >= 0.3 is 0 Å². The molecule has 5 N–H and O–H groups in total. The molecule has 3 aliphatic carbocycles. The van der Waals surface area contributed by atoms with Gasteiger partial charge in [0.2, 0.25) is 0 Å². The standard InChI is InChI=1S/C21H32O5/c1-13-3-6-16(23)9-14(13)4-5-15-10-17(24)11-20(2)18(15)7-8-21(20,26)19(25)12-22/h4-5,16-19,22-26H,1,3,6-12H2,2H3/b14-4-,15-5+/t16-,17+,18-,19-,20-,21-/m0/s1. The minimum Gasteiger partial charge on any atom is -0.394 e. The van der Waals surface area contributed by atoms with Crippen LogP contribution in [0.15, 0.2) is 35.5 Å². The summed E-state index contributed by atoms with van der Waals surface area (Å²) in [7, 11) is 0. The number of aliphatic hydroxyl groups is 5. The Kier molecular flexibility index (Phi) is 5.48. The molecule has 0 unspecified atom stereocenters. The van der Waals surface area contributed by atoms with Crippen molar-refractivity contribution in [1.29, 1.82) is 0 Å². The smallest absolute Gasteiger partial charge is 0.106 e. The summed E-state index contributed by atoms with van der Waals surface area (Å²) in [4.78, 5) is 0. The molecule has 0 aliphatic heterocycles. The zero-order chi connectivity index (χ0) is 19.1. The monoisotopic (exact) mass is 364 g/mol.